The SMILES string of the molecule is O=C1[C@@H](NS(=O)(=O)C=Cc2ccc(Cl)s2)CCN1c1ccc2c(c1)CCNCC2. The van der Waals surface area contributed by atoms with Crippen LogP contribution in [0.5, 0.6) is 0 Å². The van der Waals surface area contributed by atoms with Gasteiger partial charge in [-0.15, -0.1) is 11.3 Å². The molecule has 0 bridgehead atoms. The Morgan fingerprint density at radius 1 is 1.17 bits per heavy atom. The largest absolute Gasteiger partial charge is 0.316 e. The number of carbonyl (C=O) groups excluding carboxylic acids is 1. The molecule has 2 aliphatic rings. The molecule has 4 rings (SSSR count). The van der Waals surface area contributed by atoms with Gasteiger partial charge in [-0.1, -0.05) is 17.7 Å². The third-order valence-electron chi connectivity index (χ3n) is 5.16. The maximum atomic E-state index is 12.8. The molecule has 0 spiro atoms. The standard InChI is InChI=1S/C20H22ClN3O3S2/c21-19-4-3-17(28-19)8-12-29(26,27)23-18-7-11-24(20(18)25)16-2-1-14-5-9-22-10-6-15(14)13-16/h1-4,8,12-13,18,22-23H,5-7,9-11H2/t18-/m0/s1. The fourth-order valence-electron chi connectivity index (χ4n) is 3.69. The molecule has 3 heterocycles. The molecule has 1 aromatic heterocycles. The van der Waals surface area contributed by atoms with E-state index in [0.29, 0.717) is 17.3 Å². The van der Waals surface area contributed by atoms with Crippen LogP contribution in [-0.4, -0.2) is 40.0 Å². The Morgan fingerprint density at radius 2 is 1.97 bits per heavy atom. The second-order valence-corrected chi connectivity index (χ2v) is 10.5. The average molecular weight is 452 g/mol. The summed E-state index contributed by atoms with van der Waals surface area (Å²) in [6.07, 6.45) is 3.83. The number of nitrogens with one attached hydrogen (secondary N) is 2. The van der Waals surface area contributed by atoms with E-state index in [1.807, 2.05) is 6.07 Å². The number of nitrogens with zero attached hydrogens (tertiary/aromatic N) is 1. The minimum absolute atomic E-state index is 0.215. The molecule has 1 aromatic carbocycles. The zero-order chi connectivity index (χ0) is 20.4. The van der Waals surface area contributed by atoms with Gasteiger partial charge in [0, 0.05) is 22.5 Å². The van der Waals surface area contributed by atoms with Gasteiger partial charge in [0.05, 0.1) is 4.34 Å². The third-order valence-corrected chi connectivity index (χ3v) is 7.47. The normalized spacial score (nSPS) is 20.2. The van der Waals surface area contributed by atoms with E-state index in [0.717, 1.165) is 41.9 Å². The first kappa shape index (κ1) is 20.6. The second-order valence-electron chi connectivity index (χ2n) is 7.14. The summed E-state index contributed by atoms with van der Waals surface area (Å²) in [6, 6.07) is 8.81. The Hall–Kier alpha value is -1.71. The first-order valence-electron chi connectivity index (χ1n) is 9.51. The lowest BCUT2D eigenvalue weighted by atomic mass is 10.0. The number of amides is 1. The predicted octanol–water partition coefficient (Wildman–Crippen LogP) is 2.79. The average Bonchev–Trinajstić information content (AvgIpc) is 3.17. The monoisotopic (exact) mass is 451 g/mol. The van der Waals surface area contributed by atoms with Crippen molar-refractivity contribution in [3.63, 3.8) is 0 Å². The van der Waals surface area contributed by atoms with Gasteiger partial charge in [0.1, 0.15) is 6.04 Å². The van der Waals surface area contributed by atoms with Crippen molar-refractivity contribution in [3.8, 4) is 0 Å². The Bertz CT molecular complexity index is 1050. The second kappa shape index (κ2) is 8.57. The van der Waals surface area contributed by atoms with E-state index < -0.39 is 16.1 Å². The molecular formula is C20H22ClN3O3S2. The molecule has 0 aliphatic carbocycles. The highest BCUT2D eigenvalue weighted by molar-refractivity contribution is 7.92. The van der Waals surface area contributed by atoms with Crippen LogP contribution in [-0.2, 0) is 27.7 Å². The Balaban J connectivity index is 1.45. The van der Waals surface area contributed by atoms with Crippen LogP contribution in [0.2, 0.25) is 4.34 Å². The number of carbonyl (C=O) groups is 1. The maximum Gasteiger partial charge on any atom is 0.245 e. The molecule has 2 N–H and O–H groups in total. The van der Waals surface area contributed by atoms with Gasteiger partial charge in [0.25, 0.3) is 0 Å². The maximum absolute atomic E-state index is 12.8. The van der Waals surface area contributed by atoms with Gasteiger partial charge in [-0.2, -0.15) is 4.72 Å². The first-order valence-corrected chi connectivity index (χ1v) is 12.2. The minimum atomic E-state index is -3.73. The molecule has 2 aromatic rings. The van der Waals surface area contributed by atoms with Crippen LogP contribution in [0.3, 0.4) is 0 Å². The van der Waals surface area contributed by atoms with Crippen molar-refractivity contribution >= 4 is 50.6 Å². The highest BCUT2D eigenvalue weighted by Crippen LogP contribution is 2.26. The number of halogens is 1. The van der Waals surface area contributed by atoms with Crippen molar-refractivity contribution in [2.45, 2.75) is 25.3 Å². The summed E-state index contributed by atoms with van der Waals surface area (Å²) in [7, 11) is -3.73. The van der Waals surface area contributed by atoms with Crippen LogP contribution < -0.4 is 14.9 Å². The van der Waals surface area contributed by atoms with Crippen molar-refractivity contribution in [2.75, 3.05) is 24.5 Å². The van der Waals surface area contributed by atoms with Crippen LogP contribution in [0, 0.1) is 0 Å². The molecule has 1 saturated heterocycles. The summed E-state index contributed by atoms with van der Waals surface area (Å²) in [5.41, 5.74) is 3.39. The molecule has 1 amide bonds. The highest BCUT2D eigenvalue weighted by Gasteiger charge is 2.35. The summed E-state index contributed by atoms with van der Waals surface area (Å²) >= 11 is 7.15. The molecule has 9 heteroatoms. The van der Waals surface area contributed by atoms with Gasteiger partial charge in [-0.25, -0.2) is 8.42 Å². The summed E-state index contributed by atoms with van der Waals surface area (Å²) in [5.74, 6) is -0.215. The van der Waals surface area contributed by atoms with Crippen molar-refractivity contribution < 1.29 is 13.2 Å². The van der Waals surface area contributed by atoms with Gasteiger partial charge in [-0.05, 0) is 73.8 Å². The van der Waals surface area contributed by atoms with Crippen LogP contribution >= 0.6 is 22.9 Å². The third kappa shape index (κ3) is 4.90. The first-order chi connectivity index (χ1) is 13.9. The number of fused-ring (bicyclic) bond motifs is 1. The molecule has 0 saturated carbocycles. The summed E-state index contributed by atoms with van der Waals surface area (Å²) in [5, 5.41) is 4.46. The molecule has 6 nitrogen and oxygen atoms in total. The zero-order valence-corrected chi connectivity index (χ0v) is 18.1. The molecule has 0 radical (unpaired) electrons. The molecule has 1 fully saturated rings. The van der Waals surface area contributed by atoms with Crippen LogP contribution in [0.4, 0.5) is 5.69 Å². The van der Waals surface area contributed by atoms with E-state index >= 15 is 0 Å². The van der Waals surface area contributed by atoms with Crippen molar-refractivity contribution in [1.82, 2.24) is 10.0 Å². The van der Waals surface area contributed by atoms with Crippen molar-refractivity contribution in [1.29, 1.82) is 0 Å². The molecule has 154 valence electrons. The van der Waals surface area contributed by atoms with Crippen LogP contribution in [0.25, 0.3) is 6.08 Å². The number of hydrogen-bond donors (Lipinski definition) is 2. The predicted molar refractivity (Wildman–Crippen MR) is 118 cm³/mol. The van der Waals surface area contributed by atoms with Crippen LogP contribution in [0.15, 0.2) is 35.7 Å². The smallest absolute Gasteiger partial charge is 0.245 e. The van der Waals surface area contributed by atoms with Gasteiger partial charge < -0.3 is 10.2 Å². The minimum Gasteiger partial charge on any atom is -0.316 e. The summed E-state index contributed by atoms with van der Waals surface area (Å²) < 4.78 is 27.9. The highest BCUT2D eigenvalue weighted by atomic mass is 35.5. The fourth-order valence-corrected chi connectivity index (χ4v) is 5.76. The van der Waals surface area contributed by atoms with Gasteiger partial charge >= 0.3 is 0 Å². The van der Waals surface area contributed by atoms with Crippen molar-refractivity contribution in [3.05, 3.63) is 56.1 Å². The number of benzene rings is 1. The number of thiophene rings is 1. The zero-order valence-electron chi connectivity index (χ0n) is 15.7. The molecule has 2 aliphatic heterocycles. The summed E-state index contributed by atoms with van der Waals surface area (Å²) in [4.78, 5) is 15.3. The lowest BCUT2D eigenvalue weighted by molar-refractivity contribution is -0.118. The van der Waals surface area contributed by atoms with Gasteiger partial charge in [-0.3, -0.25) is 4.79 Å². The lowest BCUT2D eigenvalue weighted by Gasteiger charge is -2.19. The number of anilines is 1. The molecular weight excluding hydrogens is 430 g/mol. The van der Waals surface area contributed by atoms with Crippen LogP contribution in [0.1, 0.15) is 22.4 Å². The Kier molecular flexibility index (Phi) is 6.08. The van der Waals surface area contributed by atoms with Gasteiger partial charge in [0.2, 0.25) is 15.9 Å². The number of sulfonamides is 1. The molecule has 29 heavy (non-hydrogen) atoms. The fraction of sp³-hybridized carbons (Fsp3) is 0.350. The van der Waals surface area contributed by atoms with Gasteiger partial charge in [0.15, 0.2) is 0 Å². The van der Waals surface area contributed by atoms with E-state index in [4.69, 9.17) is 11.6 Å². The molecule has 0 unspecified atom stereocenters. The lowest BCUT2D eigenvalue weighted by Crippen LogP contribution is -2.40. The molecule has 1 atom stereocenters. The van der Waals surface area contributed by atoms with E-state index in [9.17, 15) is 13.2 Å². The Morgan fingerprint density at radius 3 is 2.72 bits per heavy atom. The van der Waals surface area contributed by atoms with E-state index in [1.165, 1.54) is 28.5 Å². The number of hydrogen-bond acceptors (Lipinski definition) is 5. The van der Waals surface area contributed by atoms with E-state index in [-0.39, 0.29) is 5.91 Å². The Labute approximate surface area is 179 Å². The quantitative estimate of drug-likeness (QED) is 0.732. The van der Waals surface area contributed by atoms with Crippen molar-refractivity contribution in [2.24, 2.45) is 0 Å². The summed E-state index contributed by atoms with van der Waals surface area (Å²) in [6.45, 7) is 2.38. The number of rotatable bonds is 5. The van der Waals surface area contributed by atoms with E-state index in [2.05, 4.69) is 22.2 Å². The topological polar surface area (TPSA) is 78.5 Å². The van der Waals surface area contributed by atoms with E-state index in [1.54, 1.807) is 17.0 Å².